The summed E-state index contributed by atoms with van der Waals surface area (Å²) in [6.45, 7) is 11.0. The molecule has 0 spiro atoms. The lowest BCUT2D eigenvalue weighted by molar-refractivity contribution is 0.325. The summed E-state index contributed by atoms with van der Waals surface area (Å²) in [6, 6.07) is 2.62. The Labute approximate surface area is 110 Å². The molecule has 1 rings (SSSR count). The minimum atomic E-state index is 0.218. The van der Waals surface area contributed by atoms with Gasteiger partial charge in [0.1, 0.15) is 0 Å². The molecule has 1 heterocycles. The lowest BCUT2D eigenvalue weighted by Crippen LogP contribution is -2.19. The maximum absolute atomic E-state index is 6.08. The average molecular weight is 257 g/mol. The Balaban J connectivity index is 2.65. The van der Waals surface area contributed by atoms with E-state index in [4.69, 9.17) is 11.6 Å². The zero-order valence-corrected chi connectivity index (χ0v) is 12.5. The molecule has 2 unspecified atom stereocenters. The van der Waals surface area contributed by atoms with Crippen molar-refractivity contribution in [1.82, 2.24) is 9.78 Å². The SMILES string of the molecule is CCC(C)n1ccc(CC(C)(C)CC(C)Cl)n1. The lowest BCUT2D eigenvalue weighted by atomic mass is 9.83. The van der Waals surface area contributed by atoms with E-state index in [9.17, 15) is 0 Å². The van der Waals surface area contributed by atoms with Crippen LogP contribution in [0.3, 0.4) is 0 Å². The highest BCUT2D eigenvalue weighted by atomic mass is 35.5. The number of nitrogens with zero attached hydrogens (tertiary/aromatic N) is 2. The van der Waals surface area contributed by atoms with Crippen LogP contribution in [0.1, 0.15) is 59.2 Å². The zero-order valence-electron chi connectivity index (χ0n) is 11.7. The summed E-state index contributed by atoms with van der Waals surface area (Å²) in [5, 5.41) is 4.87. The van der Waals surface area contributed by atoms with Crippen molar-refractivity contribution in [2.75, 3.05) is 0 Å². The summed E-state index contributed by atoms with van der Waals surface area (Å²) >= 11 is 6.08. The van der Waals surface area contributed by atoms with Gasteiger partial charge in [-0.25, -0.2) is 0 Å². The minimum absolute atomic E-state index is 0.218. The van der Waals surface area contributed by atoms with Gasteiger partial charge in [0.25, 0.3) is 0 Å². The van der Waals surface area contributed by atoms with E-state index in [1.807, 2.05) is 0 Å². The maximum Gasteiger partial charge on any atom is 0.0630 e. The molecule has 0 bridgehead atoms. The summed E-state index contributed by atoms with van der Waals surface area (Å²) in [4.78, 5) is 0. The van der Waals surface area contributed by atoms with Crippen LogP contribution >= 0.6 is 11.6 Å². The number of alkyl halides is 1. The highest BCUT2D eigenvalue weighted by molar-refractivity contribution is 6.20. The highest BCUT2D eigenvalue weighted by Crippen LogP contribution is 2.28. The maximum atomic E-state index is 6.08. The van der Waals surface area contributed by atoms with E-state index < -0.39 is 0 Å². The molecule has 0 amide bonds. The van der Waals surface area contributed by atoms with E-state index in [1.165, 1.54) is 5.69 Å². The molecule has 0 saturated carbocycles. The third-order valence-electron chi connectivity index (χ3n) is 3.20. The smallest absolute Gasteiger partial charge is 0.0630 e. The Morgan fingerprint density at radius 3 is 2.59 bits per heavy atom. The van der Waals surface area contributed by atoms with Gasteiger partial charge in [-0.3, -0.25) is 4.68 Å². The highest BCUT2D eigenvalue weighted by Gasteiger charge is 2.22. The van der Waals surface area contributed by atoms with Crippen LogP contribution in [0.5, 0.6) is 0 Å². The summed E-state index contributed by atoms with van der Waals surface area (Å²) in [5.41, 5.74) is 1.39. The summed E-state index contributed by atoms with van der Waals surface area (Å²) < 4.78 is 2.07. The molecule has 1 aromatic heterocycles. The van der Waals surface area contributed by atoms with Crippen LogP contribution in [0, 0.1) is 5.41 Å². The molecule has 17 heavy (non-hydrogen) atoms. The molecule has 0 aliphatic heterocycles. The first kappa shape index (κ1) is 14.6. The van der Waals surface area contributed by atoms with Crippen LogP contribution in [0.2, 0.25) is 0 Å². The van der Waals surface area contributed by atoms with Crippen LogP contribution in [-0.2, 0) is 6.42 Å². The summed E-state index contributed by atoms with van der Waals surface area (Å²) in [6.07, 6.45) is 5.21. The van der Waals surface area contributed by atoms with E-state index in [0.29, 0.717) is 6.04 Å². The van der Waals surface area contributed by atoms with Crippen molar-refractivity contribution in [3.63, 3.8) is 0 Å². The number of hydrogen-bond donors (Lipinski definition) is 0. The van der Waals surface area contributed by atoms with Gasteiger partial charge in [0.15, 0.2) is 0 Å². The Kier molecular flexibility index (Phi) is 5.05. The molecule has 0 N–H and O–H groups in total. The first-order chi connectivity index (χ1) is 7.84. The fourth-order valence-electron chi connectivity index (χ4n) is 2.23. The molecule has 2 atom stereocenters. The van der Waals surface area contributed by atoms with E-state index >= 15 is 0 Å². The molecule has 2 nitrogen and oxygen atoms in total. The molecule has 0 saturated heterocycles. The molecule has 0 radical (unpaired) electrons. The van der Waals surface area contributed by atoms with Crippen LogP contribution in [0.4, 0.5) is 0 Å². The van der Waals surface area contributed by atoms with Crippen molar-refractivity contribution in [1.29, 1.82) is 0 Å². The standard InChI is InChI=1S/C14H25ClN2/c1-6-12(3)17-8-7-13(16-17)10-14(4,5)9-11(2)15/h7-8,11-12H,6,9-10H2,1-5H3. The van der Waals surface area contributed by atoms with Gasteiger partial charge in [0, 0.05) is 17.6 Å². The molecule has 0 aliphatic carbocycles. The zero-order chi connectivity index (χ0) is 13.1. The van der Waals surface area contributed by atoms with Gasteiger partial charge in [0.05, 0.1) is 5.69 Å². The van der Waals surface area contributed by atoms with Crippen molar-refractivity contribution < 1.29 is 0 Å². The quantitative estimate of drug-likeness (QED) is 0.688. The second-order valence-electron chi connectivity index (χ2n) is 5.87. The van der Waals surface area contributed by atoms with Gasteiger partial charge in [-0.15, -0.1) is 11.6 Å². The van der Waals surface area contributed by atoms with Gasteiger partial charge in [-0.1, -0.05) is 20.8 Å². The number of hydrogen-bond acceptors (Lipinski definition) is 1. The summed E-state index contributed by atoms with van der Waals surface area (Å²) in [7, 11) is 0. The lowest BCUT2D eigenvalue weighted by Gasteiger charge is -2.24. The van der Waals surface area contributed by atoms with Crippen molar-refractivity contribution >= 4 is 11.6 Å². The number of halogens is 1. The Hall–Kier alpha value is -0.500. The van der Waals surface area contributed by atoms with Crippen LogP contribution < -0.4 is 0 Å². The summed E-state index contributed by atoms with van der Waals surface area (Å²) in [5.74, 6) is 0. The first-order valence-electron chi connectivity index (χ1n) is 6.52. The number of rotatable bonds is 6. The van der Waals surface area contributed by atoms with E-state index in [2.05, 4.69) is 56.7 Å². The normalized spacial score (nSPS) is 15.9. The van der Waals surface area contributed by atoms with Crippen LogP contribution in [0.15, 0.2) is 12.3 Å². The molecular formula is C14H25ClN2. The average Bonchev–Trinajstić information content (AvgIpc) is 2.61. The van der Waals surface area contributed by atoms with Crippen molar-refractivity contribution in [2.45, 2.75) is 65.3 Å². The predicted molar refractivity (Wildman–Crippen MR) is 74.6 cm³/mol. The first-order valence-corrected chi connectivity index (χ1v) is 6.96. The van der Waals surface area contributed by atoms with E-state index in [-0.39, 0.29) is 10.8 Å². The largest absolute Gasteiger partial charge is 0.270 e. The molecule has 0 aliphatic rings. The van der Waals surface area contributed by atoms with Crippen molar-refractivity contribution in [3.05, 3.63) is 18.0 Å². The molecule has 1 aromatic rings. The number of aromatic nitrogens is 2. The Morgan fingerprint density at radius 1 is 1.41 bits per heavy atom. The second-order valence-corrected chi connectivity index (χ2v) is 6.62. The van der Waals surface area contributed by atoms with Gasteiger partial charge >= 0.3 is 0 Å². The fraction of sp³-hybridized carbons (Fsp3) is 0.786. The monoisotopic (exact) mass is 256 g/mol. The third kappa shape index (κ3) is 4.71. The third-order valence-corrected chi connectivity index (χ3v) is 3.35. The molecule has 98 valence electrons. The van der Waals surface area contributed by atoms with Crippen molar-refractivity contribution in [3.8, 4) is 0 Å². The fourth-order valence-corrected chi connectivity index (χ4v) is 2.65. The topological polar surface area (TPSA) is 17.8 Å². The molecule has 0 fully saturated rings. The Bertz CT molecular complexity index is 342. The van der Waals surface area contributed by atoms with E-state index in [1.54, 1.807) is 0 Å². The van der Waals surface area contributed by atoms with Gasteiger partial charge in [-0.05, 0) is 44.6 Å². The minimum Gasteiger partial charge on any atom is -0.270 e. The van der Waals surface area contributed by atoms with Crippen LogP contribution in [-0.4, -0.2) is 15.2 Å². The van der Waals surface area contributed by atoms with Gasteiger partial charge in [0.2, 0.25) is 0 Å². The second kappa shape index (κ2) is 5.90. The predicted octanol–water partition coefficient (Wildman–Crippen LogP) is 4.44. The molecule has 3 heteroatoms. The molecule has 0 aromatic carbocycles. The van der Waals surface area contributed by atoms with Crippen LogP contribution in [0.25, 0.3) is 0 Å². The van der Waals surface area contributed by atoms with Crippen molar-refractivity contribution in [2.24, 2.45) is 5.41 Å². The van der Waals surface area contributed by atoms with Gasteiger partial charge in [-0.2, -0.15) is 5.10 Å². The Morgan fingerprint density at radius 2 is 2.06 bits per heavy atom. The molecular weight excluding hydrogens is 232 g/mol. The van der Waals surface area contributed by atoms with E-state index in [0.717, 1.165) is 19.3 Å². The van der Waals surface area contributed by atoms with Gasteiger partial charge < -0.3 is 0 Å².